The van der Waals surface area contributed by atoms with Gasteiger partial charge in [0, 0.05) is 0 Å². The van der Waals surface area contributed by atoms with E-state index in [9.17, 15) is 14.4 Å². The third-order valence-corrected chi connectivity index (χ3v) is 6.76. The summed E-state index contributed by atoms with van der Waals surface area (Å²) in [6.07, 6.45) is -0.00986. The van der Waals surface area contributed by atoms with Crippen LogP contribution in [0.1, 0.15) is 27.1 Å². The number of carboxylic acids is 1. The first-order valence-corrected chi connectivity index (χ1v) is 17.9. The average Bonchev–Trinajstić information content (AvgIpc) is 3.40. The van der Waals surface area contributed by atoms with Crippen molar-refractivity contribution >= 4 is 17.8 Å². The second-order valence-corrected chi connectivity index (χ2v) is 10.8. The monoisotopic (exact) mass is 763 g/mol. The zero-order valence-electron chi connectivity index (χ0n) is 30.6. The van der Waals surface area contributed by atoms with Crippen molar-refractivity contribution in [1.82, 2.24) is 5.06 Å². The number of rotatable bonds is 40. The van der Waals surface area contributed by atoms with Gasteiger partial charge in [0.15, 0.2) is 0 Å². The Hall–Kier alpha value is -2.69. The number of fused-ring (bicyclic) bond motifs is 1. The summed E-state index contributed by atoms with van der Waals surface area (Å²) >= 11 is 0. The van der Waals surface area contributed by atoms with Crippen LogP contribution in [0.25, 0.3) is 0 Å². The number of amides is 2. The van der Waals surface area contributed by atoms with Crippen LogP contribution in [0.5, 0.6) is 0 Å². The Balaban J connectivity index is 1.15. The van der Waals surface area contributed by atoms with Gasteiger partial charge in [-0.15, -0.1) is 5.06 Å². The Morgan fingerprint density at radius 1 is 0.396 bits per heavy atom. The van der Waals surface area contributed by atoms with Crippen molar-refractivity contribution < 1.29 is 81.2 Å². The second-order valence-electron chi connectivity index (χ2n) is 10.8. The summed E-state index contributed by atoms with van der Waals surface area (Å²) in [4.78, 5) is 40.0. The largest absolute Gasteiger partial charge is 0.481 e. The first kappa shape index (κ1) is 46.5. The van der Waals surface area contributed by atoms with Gasteiger partial charge in [0.2, 0.25) is 0 Å². The highest BCUT2D eigenvalue weighted by Crippen LogP contribution is 2.22. The maximum Gasteiger partial charge on any atom is 0.305 e. The van der Waals surface area contributed by atoms with Gasteiger partial charge in [-0.25, -0.2) is 0 Å². The molecule has 2 amide bonds. The van der Waals surface area contributed by atoms with E-state index in [0.29, 0.717) is 156 Å². The zero-order chi connectivity index (χ0) is 37.9. The van der Waals surface area contributed by atoms with Crippen LogP contribution in [0.2, 0.25) is 0 Å². The van der Waals surface area contributed by atoms with Crippen molar-refractivity contribution in [3.8, 4) is 0 Å². The summed E-state index contributed by atoms with van der Waals surface area (Å²) in [7, 11) is 0. The topological polar surface area (TPSA) is 195 Å². The maximum absolute atomic E-state index is 12.2. The second kappa shape index (κ2) is 33.8. The number of hydroxylamine groups is 2. The molecule has 304 valence electrons. The predicted octanol–water partition coefficient (Wildman–Crippen LogP) is 0.888. The first-order chi connectivity index (χ1) is 26.1. The van der Waals surface area contributed by atoms with Crippen molar-refractivity contribution in [2.45, 2.75) is 6.42 Å². The molecule has 0 unspecified atom stereocenters. The molecular weight excluding hydrogens is 706 g/mol. The van der Waals surface area contributed by atoms with Crippen molar-refractivity contribution in [3.05, 3.63) is 35.4 Å². The van der Waals surface area contributed by atoms with Crippen LogP contribution in [-0.4, -0.2) is 193 Å². The summed E-state index contributed by atoms with van der Waals surface area (Å²) in [5, 5.41) is 9.26. The van der Waals surface area contributed by atoms with Crippen molar-refractivity contribution in [2.75, 3.05) is 165 Å². The van der Waals surface area contributed by atoms with Crippen LogP contribution < -0.4 is 0 Å². The maximum atomic E-state index is 12.2. The molecule has 18 nitrogen and oxygen atoms in total. The van der Waals surface area contributed by atoms with Gasteiger partial charge in [-0.3, -0.25) is 19.2 Å². The standard InChI is InChI=1S/C35H57NO17/c37-33(38)5-6-41-7-8-42-9-10-43-11-12-44-13-14-45-15-16-46-17-18-47-19-20-48-21-22-49-23-24-50-25-26-51-27-28-52-29-30-53-36-34(39)31-3-1-2-4-32(31)35(36)40/h1-4H,5-30H2,(H,37,38). The van der Waals surface area contributed by atoms with Crippen LogP contribution in [0.4, 0.5) is 0 Å². The first-order valence-electron chi connectivity index (χ1n) is 17.9. The molecule has 0 radical (unpaired) electrons. The minimum atomic E-state index is -0.881. The van der Waals surface area contributed by atoms with Gasteiger partial charge >= 0.3 is 5.97 Å². The number of carbonyl (C=O) groups excluding carboxylic acids is 2. The summed E-state index contributed by atoms with van der Waals surface area (Å²) in [6.45, 7) is 10.2. The summed E-state index contributed by atoms with van der Waals surface area (Å²) in [5.74, 6) is -1.82. The fourth-order valence-corrected chi connectivity index (χ4v) is 4.15. The molecule has 1 N–H and O–H groups in total. The van der Waals surface area contributed by atoms with Gasteiger partial charge < -0.3 is 61.9 Å². The average molecular weight is 764 g/mol. The highest BCUT2D eigenvalue weighted by atomic mass is 16.7. The number of aliphatic carboxylic acids is 1. The lowest BCUT2D eigenvalue weighted by atomic mass is 10.1. The number of hydrogen-bond donors (Lipinski definition) is 1. The van der Waals surface area contributed by atoms with Gasteiger partial charge in [0.25, 0.3) is 11.8 Å². The Morgan fingerprint density at radius 3 is 0.868 bits per heavy atom. The quantitative estimate of drug-likeness (QED) is 0.0731. The number of carbonyl (C=O) groups is 3. The Bertz CT molecular complexity index is 1030. The molecule has 0 saturated heterocycles. The third kappa shape index (κ3) is 25.1. The third-order valence-electron chi connectivity index (χ3n) is 6.76. The van der Waals surface area contributed by atoms with E-state index in [-0.39, 0.29) is 26.2 Å². The van der Waals surface area contributed by atoms with Gasteiger partial charge in [0.1, 0.15) is 0 Å². The minimum Gasteiger partial charge on any atom is -0.481 e. The minimum absolute atomic E-state index is 0.00986. The lowest BCUT2D eigenvalue weighted by Gasteiger charge is -2.13. The van der Waals surface area contributed by atoms with E-state index in [0.717, 1.165) is 5.06 Å². The lowest BCUT2D eigenvalue weighted by Crippen LogP contribution is -2.31. The summed E-state index contributed by atoms with van der Waals surface area (Å²) in [6, 6.07) is 6.59. The van der Waals surface area contributed by atoms with Gasteiger partial charge in [0.05, 0.1) is 183 Å². The van der Waals surface area contributed by atoms with Gasteiger partial charge in [-0.05, 0) is 12.1 Å². The smallest absolute Gasteiger partial charge is 0.305 e. The van der Waals surface area contributed by atoms with Crippen LogP contribution in [-0.2, 0) is 66.5 Å². The Kier molecular flexibility index (Phi) is 29.7. The highest BCUT2D eigenvalue weighted by molar-refractivity contribution is 6.20. The van der Waals surface area contributed by atoms with Crippen LogP contribution in [0.3, 0.4) is 0 Å². The molecule has 0 aromatic heterocycles. The van der Waals surface area contributed by atoms with E-state index in [4.69, 9.17) is 66.8 Å². The number of imide groups is 1. The molecular formula is C35H57NO17. The predicted molar refractivity (Wildman–Crippen MR) is 185 cm³/mol. The Morgan fingerprint density at radius 2 is 0.623 bits per heavy atom. The zero-order valence-corrected chi connectivity index (χ0v) is 30.6. The van der Waals surface area contributed by atoms with Crippen LogP contribution in [0, 0.1) is 0 Å². The molecule has 1 aromatic rings. The van der Waals surface area contributed by atoms with Crippen molar-refractivity contribution in [1.29, 1.82) is 0 Å². The van der Waals surface area contributed by atoms with E-state index < -0.39 is 17.8 Å². The SMILES string of the molecule is O=C(O)CCOCCOCCOCCOCCOCCOCCOCCOCCOCCOCCOCCOCCON1C(=O)c2ccccc2C1=O. The Labute approximate surface area is 310 Å². The summed E-state index contributed by atoms with van der Waals surface area (Å²) in [5.41, 5.74) is 0.673. The molecule has 53 heavy (non-hydrogen) atoms. The van der Waals surface area contributed by atoms with Gasteiger partial charge in [-0.2, -0.15) is 0 Å². The van der Waals surface area contributed by atoms with E-state index >= 15 is 0 Å². The molecule has 1 aliphatic heterocycles. The molecule has 1 heterocycles. The molecule has 18 heteroatoms. The van der Waals surface area contributed by atoms with E-state index in [1.807, 2.05) is 0 Å². The molecule has 0 spiro atoms. The van der Waals surface area contributed by atoms with Gasteiger partial charge in [-0.1, -0.05) is 12.1 Å². The molecule has 0 saturated carbocycles. The van der Waals surface area contributed by atoms with Crippen LogP contribution >= 0.6 is 0 Å². The lowest BCUT2D eigenvalue weighted by molar-refractivity contribution is -0.138. The summed E-state index contributed by atoms with van der Waals surface area (Å²) < 4.78 is 64.9. The normalized spacial score (nSPS) is 12.6. The fourth-order valence-electron chi connectivity index (χ4n) is 4.15. The fraction of sp³-hybridized carbons (Fsp3) is 0.743. The highest BCUT2D eigenvalue weighted by Gasteiger charge is 2.36. The van der Waals surface area contributed by atoms with Crippen LogP contribution in [0.15, 0.2) is 24.3 Å². The number of nitrogens with zero attached hydrogens (tertiary/aromatic N) is 1. The number of benzene rings is 1. The van der Waals surface area contributed by atoms with E-state index in [1.165, 1.54) is 0 Å². The van der Waals surface area contributed by atoms with E-state index in [2.05, 4.69) is 0 Å². The molecule has 0 aliphatic carbocycles. The molecule has 0 atom stereocenters. The molecule has 0 fully saturated rings. The van der Waals surface area contributed by atoms with Crippen molar-refractivity contribution in [2.24, 2.45) is 0 Å². The molecule has 1 aliphatic rings. The molecule has 0 bridgehead atoms. The number of ether oxygens (including phenoxy) is 12. The molecule has 2 rings (SSSR count). The van der Waals surface area contributed by atoms with E-state index in [1.54, 1.807) is 24.3 Å². The van der Waals surface area contributed by atoms with Crippen molar-refractivity contribution in [3.63, 3.8) is 0 Å². The number of hydrogen-bond acceptors (Lipinski definition) is 16. The molecule has 1 aromatic carbocycles. The number of carboxylic acid groups (broad SMARTS) is 1.